The molecule has 0 aliphatic rings. The van der Waals surface area contributed by atoms with Crippen molar-refractivity contribution in [3.8, 4) is 0 Å². The second-order valence-corrected chi connectivity index (χ2v) is 12.0. The summed E-state index contributed by atoms with van der Waals surface area (Å²) in [5.41, 5.74) is 2.11. The Hall–Kier alpha value is -0.653. The van der Waals surface area contributed by atoms with Gasteiger partial charge in [-0.25, -0.2) is 0 Å². The van der Waals surface area contributed by atoms with Crippen molar-refractivity contribution in [3.05, 3.63) is 29.3 Å². The van der Waals surface area contributed by atoms with Crippen LogP contribution in [-0.4, -0.2) is 16.7 Å². The van der Waals surface area contributed by atoms with Crippen molar-refractivity contribution in [3.63, 3.8) is 0 Å². The van der Waals surface area contributed by atoms with Gasteiger partial charge in [0.2, 0.25) is 8.32 Å². The zero-order chi connectivity index (χ0) is 14.1. The van der Waals surface area contributed by atoms with Gasteiger partial charge in [-0.15, -0.1) is 0 Å². The van der Waals surface area contributed by atoms with Crippen molar-refractivity contribution in [2.24, 2.45) is 0 Å². The summed E-state index contributed by atoms with van der Waals surface area (Å²) in [6.45, 7) is 11.6. The Morgan fingerprint density at radius 1 is 1.06 bits per heavy atom. The molecule has 0 radical (unpaired) electrons. The summed E-state index contributed by atoms with van der Waals surface area (Å²) >= 11 is 0. The SMILES string of the molecule is Cc1cc(C)cc(S(=O)(=O)O[Si](C)(C)C(C)C)c1. The first-order valence-electron chi connectivity index (χ1n) is 6.08. The van der Waals surface area contributed by atoms with E-state index in [0.717, 1.165) is 11.1 Å². The molecule has 0 saturated carbocycles. The summed E-state index contributed by atoms with van der Waals surface area (Å²) in [5, 5.41) is 0. The summed E-state index contributed by atoms with van der Waals surface area (Å²) in [6, 6.07) is 5.27. The van der Waals surface area contributed by atoms with Gasteiger partial charge in [-0.05, 0) is 55.7 Å². The highest BCUT2D eigenvalue weighted by Gasteiger charge is 2.34. The van der Waals surface area contributed by atoms with E-state index in [1.165, 1.54) is 0 Å². The molecule has 18 heavy (non-hydrogen) atoms. The second kappa shape index (κ2) is 5.15. The van der Waals surface area contributed by atoms with Gasteiger partial charge < -0.3 is 3.87 Å². The monoisotopic (exact) mass is 286 g/mol. The predicted molar refractivity (Wildman–Crippen MR) is 76.8 cm³/mol. The fraction of sp³-hybridized carbons (Fsp3) is 0.538. The lowest BCUT2D eigenvalue weighted by molar-refractivity contribution is 0.475. The Morgan fingerprint density at radius 3 is 1.89 bits per heavy atom. The Kier molecular flexibility index (Phi) is 4.41. The molecule has 0 fully saturated rings. The minimum Gasteiger partial charge on any atom is -0.311 e. The molecule has 5 heteroatoms. The van der Waals surface area contributed by atoms with E-state index >= 15 is 0 Å². The molecule has 1 rings (SSSR count). The summed E-state index contributed by atoms with van der Waals surface area (Å²) in [5.74, 6) is 0. The van der Waals surface area contributed by atoms with Crippen molar-refractivity contribution in [1.29, 1.82) is 0 Å². The van der Waals surface area contributed by atoms with Crippen LogP contribution in [0.25, 0.3) is 0 Å². The normalized spacial score (nSPS) is 13.1. The van der Waals surface area contributed by atoms with Crippen LogP contribution in [0.15, 0.2) is 23.1 Å². The van der Waals surface area contributed by atoms with Gasteiger partial charge >= 0.3 is 0 Å². The molecule has 0 heterocycles. The van der Waals surface area contributed by atoms with Crippen LogP contribution in [0.5, 0.6) is 0 Å². The summed E-state index contributed by atoms with van der Waals surface area (Å²) in [6.07, 6.45) is 0. The topological polar surface area (TPSA) is 43.4 Å². The summed E-state index contributed by atoms with van der Waals surface area (Å²) in [7, 11) is -5.87. The molecule has 0 aliphatic carbocycles. The highest BCUT2D eigenvalue weighted by atomic mass is 32.2. The fourth-order valence-corrected chi connectivity index (χ4v) is 5.58. The van der Waals surface area contributed by atoms with E-state index in [1.54, 1.807) is 12.1 Å². The number of benzene rings is 1. The average Bonchev–Trinajstić information content (AvgIpc) is 2.13. The highest BCUT2D eigenvalue weighted by molar-refractivity contribution is 7.87. The van der Waals surface area contributed by atoms with Gasteiger partial charge in [0.15, 0.2) is 0 Å². The molecule has 0 atom stereocenters. The standard InChI is InChI=1S/C13H22O3SSi/c1-10(2)18(5,6)16-17(14,15)13-8-11(3)7-12(4)9-13/h7-10H,1-6H3. The van der Waals surface area contributed by atoms with Crippen LogP contribution in [-0.2, 0) is 14.0 Å². The smallest absolute Gasteiger partial charge is 0.287 e. The number of rotatable bonds is 4. The van der Waals surface area contributed by atoms with E-state index in [4.69, 9.17) is 3.87 Å². The molecule has 0 bridgehead atoms. The zero-order valence-corrected chi connectivity index (χ0v) is 13.8. The van der Waals surface area contributed by atoms with Crippen LogP contribution < -0.4 is 0 Å². The molecule has 102 valence electrons. The lowest BCUT2D eigenvalue weighted by atomic mass is 10.2. The van der Waals surface area contributed by atoms with Crippen molar-refractivity contribution in [2.45, 2.75) is 51.2 Å². The van der Waals surface area contributed by atoms with Crippen molar-refractivity contribution in [1.82, 2.24) is 0 Å². The van der Waals surface area contributed by atoms with Crippen LogP contribution in [0.3, 0.4) is 0 Å². The van der Waals surface area contributed by atoms with Gasteiger partial charge in [0.05, 0.1) is 4.90 Å². The van der Waals surface area contributed by atoms with Gasteiger partial charge in [0.1, 0.15) is 0 Å². The fourth-order valence-electron chi connectivity index (χ4n) is 1.50. The Bertz CT molecular complexity index is 513. The Balaban J connectivity index is 3.15. The zero-order valence-electron chi connectivity index (χ0n) is 11.9. The molecular formula is C13H22O3SSi. The van der Waals surface area contributed by atoms with Crippen molar-refractivity contribution >= 4 is 18.4 Å². The first kappa shape index (κ1) is 15.4. The minimum atomic E-state index is -3.65. The lowest BCUT2D eigenvalue weighted by Crippen LogP contribution is -2.36. The van der Waals surface area contributed by atoms with Crippen LogP contribution in [0.2, 0.25) is 18.6 Å². The largest absolute Gasteiger partial charge is 0.311 e. The molecule has 1 aromatic carbocycles. The second-order valence-electron chi connectivity index (χ2n) is 5.62. The van der Waals surface area contributed by atoms with E-state index in [0.29, 0.717) is 0 Å². The molecule has 1 aromatic rings. The molecule has 0 N–H and O–H groups in total. The van der Waals surface area contributed by atoms with E-state index in [1.807, 2.05) is 46.9 Å². The average molecular weight is 286 g/mol. The summed E-state index contributed by atoms with van der Waals surface area (Å²) in [4.78, 5) is 0.265. The molecule has 0 aliphatic heterocycles. The third kappa shape index (κ3) is 3.67. The van der Waals surface area contributed by atoms with Crippen LogP contribution >= 0.6 is 0 Å². The van der Waals surface area contributed by atoms with Gasteiger partial charge in [0.25, 0.3) is 10.1 Å². The number of aryl methyl sites for hydroxylation is 2. The molecule has 0 saturated heterocycles. The van der Waals surface area contributed by atoms with Crippen LogP contribution in [0.4, 0.5) is 0 Å². The van der Waals surface area contributed by atoms with E-state index < -0.39 is 18.4 Å². The maximum atomic E-state index is 12.3. The maximum Gasteiger partial charge on any atom is 0.287 e. The van der Waals surface area contributed by atoms with Gasteiger partial charge in [-0.2, -0.15) is 8.42 Å². The Morgan fingerprint density at radius 2 is 1.50 bits per heavy atom. The quantitative estimate of drug-likeness (QED) is 0.794. The minimum absolute atomic E-state index is 0.248. The molecule has 0 aromatic heterocycles. The highest BCUT2D eigenvalue weighted by Crippen LogP contribution is 2.27. The van der Waals surface area contributed by atoms with E-state index in [-0.39, 0.29) is 10.4 Å². The Labute approximate surface area is 111 Å². The van der Waals surface area contributed by atoms with Crippen LogP contribution in [0, 0.1) is 13.8 Å². The van der Waals surface area contributed by atoms with E-state index in [2.05, 4.69) is 0 Å². The van der Waals surface area contributed by atoms with Gasteiger partial charge in [0, 0.05) is 0 Å². The molecule has 0 spiro atoms. The number of hydrogen-bond acceptors (Lipinski definition) is 3. The number of hydrogen-bond donors (Lipinski definition) is 0. The third-order valence-electron chi connectivity index (χ3n) is 3.20. The van der Waals surface area contributed by atoms with Crippen LogP contribution in [0.1, 0.15) is 25.0 Å². The van der Waals surface area contributed by atoms with E-state index in [9.17, 15) is 8.42 Å². The van der Waals surface area contributed by atoms with Crippen molar-refractivity contribution < 1.29 is 12.3 Å². The maximum absolute atomic E-state index is 12.3. The van der Waals surface area contributed by atoms with Gasteiger partial charge in [-0.3, -0.25) is 0 Å². The third-order valence-corrected chi connectivity index (χ3v) is 9.39. The molecule has 0 unspecified atom stereocenters. The molecule has 3 nitrogen and oxygen atoms in total. The molecule has 0 amide bonds. The molecular weight excluding hydrogens is 264 g/mol. The lowest BCUT2D eigenvalue weighted by Gasteiger charge is -2.26. The summed E-state index contributed by atoms with van der Waals surface area (Å²) < 4.78 is 30.0. The predicted octanol–water partition coefficient (Wildman–Crippen LogP) is 3.62. The first-order valence-corrected chi connectivity index (χ1v) is 10.5. The first-order chi connectivity index (χ1) is 8.04. The van der Waals surface area contributed by atoms with Gasteiger partial charge in [-0.1, -0.05) is 19.9 Å². The van der Waals surface area contributed by atoms with Crippen molar-refractivity contribution in [2.75, 3.05) is 0 Å².